The summed E-state index contributed by atoms with van der Waals surface area (Å²) in [5, 5.41) is 18.0. The summed E-state index contributed by atoms with van der Waals surface area (Å²) in [5.41, 5.74) is 2.21. The molecule has 15 heavy (non-hydrogen) atoms. The molecule has 2 N–H and O–H groups in total. The number of carboxylic acid groups (broad SMARTS) is 1. The Morgan fingerprint density at radius 3 is 2.47 bits per heavy atom. The maximum atomic E-state index is 10.4. The van der Waals surface area contributed by atoms with Crippen molar-refractivity contribution in [3.8, 4) is 11.5 Å². The molecule has 4 nitrogen and oxygen atoms in total. The third-order valence-electron chi connectivity index (χ3n) is 2.34. The van der Waals surface area contributed by atoms with E-state index in [-0.39, 0.29) is 12.4 Å². The normalized spacial score (nSPS) is 10.1. The molecule has 1 aromatic carbocycles. The van der Waals surface area contributed by atoms with Crippen LogP contribution in [0.1, 0.15) is 16.7 Å². The number of rotatable bonds is 3. The standard InChI is InChI=1S/C11H14O4/c1-6-4-9(12)7(2)8(3)11(6)15-5-10(13)14/h4,12H,5H2,1-3H3,(H,13,14). The van der Waals surface area contributed by atoms with Gasteiger partial charge in [-0.1, -0.05) is 0 Å². The molecule has 0 radical (unpaired) electrons. The molecule has 0 saturated carbocycles. The van der Waals surface area contributed by atoms with Crippen LogP contribution in [0.15, 0.2) is 6.07 Å². The quantitative estimate of drug-likeness (QED) is 0.798. The van der Waals surface area contributed by atoms with Gasteiger partial charge >= 0.3 is 5.97 Å². The molecule has 0 fully saturated rings. The number of hydrogen-bond acceptors (Lipinski definition) is 3. The minimum atomic E-state index is -1.01. The molecule has 1 rings (SSSR count). The van der Waals surface area contributed by atoms with Crippen LogP contribution >= 0.6 is 0 Å². The lowest BCUT2D eigenvalue weighted by Gasteiger charge is -2.13. The summed E-state index contributed by atoms with van der Waals surface area (Å²) in [6, 6.07) is 1.57. The zero-order valence-electron chi connectivity index (χ0n) is 9.00. The van der Waals surface area contributed by atoms with E-state index in [0.717, 1.165) is 11.1 Å². The van der Waals surface area contributed by atoms with Crippen molar-refractivity contribution in [1.29, 1.82) is 0 Å². The number of phenols is 1. The number of aromatic hydroxyl groups is 1. The molecule has 0 saturated heterocycles. The number of carboxylic acids is 1. The molecule has 0 aliphatic heterocycles. The average molecular weight is 210 g/mol. The maximum absolute atomic E-state index is 10.4. The highest BCUT2D eigenvalue weighted by molar-refractivity contribution is 5.68. The van der Waals surface area contributed by atoms with Crippen LogP contribution in [0.5, 0.6) is 11.5 Å². The summed E-state index contributed by atoms with van der Waals surface area (Å²) in [6.45, 7) is 4.95. The molecule has 0 bridgehead atoms. The van der Waals surface area contributed by atoms with Crippen molar-refractivity contribution in [2.45, 2.75) is 20.8 Å². The van der Waals surface area contributed by atoms with Crippen LogP contribution in [-0.4, -0.2) is 22.8 Å². The van der Waals surface area contributed by atoms with Gasteiger partial charge in [0.25, 0.3) is 0 Å². The van der Waals surface area contributed by atoms with E-state index in [1.165, 1.54) is 0 Å². The molecule has 0 heterocycles. The average Bonchev–Trinajstić information content (AvgIpc) is 2.14. The van der Waals surface area contributed by atoms with E-state index in [1.54, 1.807) is 26.8 Å². The van der Waals surface area contributed by atoms with Gasteiger partial charge in [0.2, 0.25) is 0 Å². The molecule has 82 valence electrons. The van der Waals surface area contributed by atoms with Gasteiger partial charge in [0.05, 0.1) is 0 Å². The molecule has 0 amide bonds. The van der Waals surface area contributed by atoms with E-state index in [9.17, 15) is 9.90 Å². The Hall–Kier alpha value is -1.71. The fourth-order valence-corrected chi connectivity index (χ4v) is 1.39. The van der Waals surface area contributed by atoms with Crippen LogP contribution < -0.4 is 4.74 Å². The van der Waals surface area contributed by atoms with Gasteiger partial charge in [0.1, 0.15) is 11.5 Å². The molecule has 0 aromatic heterocycles. The van der Waals surface area contributed by atoms with E-state index in [2.05, 4.69) is 0 Å². The number of phenolic OH excluding ortho intramolecular Hbond substituents is 1. The molecule has 0 spiro atoms. The molecular formula is C11H14O4. The zero-order valence-corrected chi connectivity index (χ0v) is 9.00. The summed E-state index contributed by atoms with van der Waals surface area (Å²) in [4.78, 5) is 10.4. The van der Waals surface area contributed by atoms with Gasteiger partial charge in [-0.05, 0) is 43.5 Å². The Morgan fingerprint density at radius 2 is 1.93 bits per heavy atom. The summed E-state index contributed by atoms with van der Waals surface area (Å²) in [6.07, 6.45) is 0. The van der Waals surface area contributed by atoms with Gasteiger partial charge in [-0.15, -0.1) is 0 Å². The first-order chi connectivity index (χ1) is 6.93. The monoisotopic (exact) mass is 210 g/mol. The molecule has 0 aliphatic rings. The van der Waals surface area contributed by atoms with Crippen molar-refractivity contribution in [1.82, 2.24) is 0 Å². The SMILES string of the molecule is Cc1cc(O)c(C)c(C)c1OCC(=O)O. The predicted octanol–water partition coefficient (Wildman–Crippen LogP) is 1.78. The van der Waals surface area contributed by atoms with Gasteiger partial charge in [-0.3, -0.25) is 0 Å². The second kappa shape index (κ2) is 4.21. The summed E-state index contributed by atoms with van der Waals surface area (Å²) >= 11 is 0. The van der Waals surface area contributed by atoms with E-state index in [0.29, 0.717) is 11.3 Å². The Morgan fingerprint density at radius 1 is 1.33 bits per heavy atom. The van der Waals surface area contributed by atoms with Crippen LogP contribution in [-0.2, 0) is 4.79 Å². The van der Waals surface area contributed by atoms with Gasteiger partial charge in [0, 0.05) is 0 Å². The molecule has 0 unspecified atom stereocenters. The van der Waals surface area contributed by atoms with E-state index in [4.69, 9.17) is 9.84 Å². The maximum Gasteiger partial charge on any atom is 0.341 e. The minimum Gasteiger partial charge on any atom is -0.508 e. The summed E-state index contributed by atoms with van der Waals surface area (Å²) in [5.74, 6) is -0.278. The fourth-order valence-electron chi connectivity index (χ4n) is 1.39. The van der Waals surface area contributed by atoms with Crippen LogP contribution in [0, 0.1) is 20.8 Å². The van der Waals surface area contributed by atoms with Crippen LogP contribution in [0.25, 0.3) is 0 Å². The van der Waals surface area contributed by atoms with Gasteiger partial charge in [-0.25, -0.2) is 4.79 Å². The second-order valence-electron chi connectivity index (χ2n) is 3.47. The Kier molecular flexibility index (Phi) is 3.19. The predicted molar refractivity (Wildman–Crippen MR) is 55.4 cm³/mol. The number of hydrogen-bond donors (Lipinski definition) is 2. The molecule has 0 atom stereocenters. The van der Waals surface area contributed by atoms with Crippen molar-refractivity contribution < 1.29 is 19.7 Å². The van der Waals surface area contributed by atoms with Crippen LogP contribution in [0.4, 0.5) is 0 Å². The van der Waals surface area contributed by atoms with Crippen molar-refractivity contribution in [2.75, 3.05) is 6.61 Å². The summed E-state index contributed by atoms with van der Waals surface area (Å²) < 4.78 is 5.15. The zero-order chi connectivity index (χ0) is 11.6. The third-order valence-corrected chi connectivity index (χ3v) is 2.34. The largest absolute Gasteiger partial charge is 0.508 e. The van der Waals surface area contributed by atoms with Crippen molar-refractivity contribution in [3.63, 3.8) is 0 Å². The van der Waals surface area contributed by atoms with E-state index in [1.807, 2.05) is 0 Å². The number of carbonyl (C=O) groups is 1. The second-order valence-corrected chi connectivity index (χ2v) is 3.47. The highest BCUT2D eigenvalue weighted by Crippen LogP contribution is 2.32. The van der Waals surface area contributed by atoms with Crippen molar-refractivity contribution in [2.24, 2.45) is 0 Å². The Bertz CT molecular complexity index is 396. The third kappa shape index (κ3) is 2.40. The molecular weight excluding hydrogens is 196 g/mol. The summed E-state index contributed by atoms with van der Waals surface area (Å²) in [7, 11) is 0. The number of aliphatic carboxylic acids is 1. The highest BCUT2D eigenvalue weighted by atomic mass is 16.5. The lowest BCUT2D eigenvalue weighted by molar-refractivity contribution is -0.139. The van der Waals surface area contributed by atoms with Crippen molar-refractivity contribution in [3.05, 3.63) is 22.8 Å². The fraction of sp³-hybridized carbons (Fsp3) is 0.364. The number of benzene rings is 1. The van der Waals surface area contributed by atoms with Crippen LogP contribution in [0.3, 0.4) is 0 Å². The lowest BCUT2D eigenvalue weighted by atomic mass is 10.0. The van der Waals surface area contributed by atoms with Crippen LogP contribution in [0.2, 0.25) is 0 Å². The minimum absolute atomic E-state index is 0.202. The number of aryl methyl sites for hydroxylation is 1. The first kappa shape index (κ1) is 11.4. The number of ether oxygens (including phenoxy) is 1. The molecule has 0 aliphatic carbocycles. The topological polar surface area (TPSA) is 66.8 Å². The molecule has 1 aromatic rings. The first-order valence-corrected chi connectivity index (χ1v) is 4.58. The van der Waals surface area contributed by atoms with Crippen molar-refractivity contribution >= 4 is 5.97 Å². The Labute approximate surface area is 88.1 Å². The Balaban J connectivity index is 3.07. The van der Waals surface area contributed by atoms with Gasteiger partial charge in [0.15, 0.2) is 6.61 Å². The van der Waals surface area contributed by atoms with Gasteiger partial charge in [-0.2, -0.15) is 0 Å². The highest BCUT2D eigenvalue weighted by Gasteiger charge is 2.11. The van der Waals surface area contributed by atoms with Gasteiger partial charge < -0.3 is 14.9 Å². The smallest absolute Gasteiger partial charge is 0.341 e. The van der Waals surface area contributed by atoms with E-state index >= 15 is 0 Å². The lowest BCUT2D eigenvalue weighted by Crippen LogP contribution is -2.11. The van der Waals surface area contributed by atoms with E-state index < -0.39 is 5.97 Å². The molecule has 4 heteroatoms. The first-order valence-electron chi connectivity index (χ1n) is 4.58.